The molecule has 0 bridgehead atoms. The third-order valence-corrected chi connectivity index (χ3v) is 7.40. The van der Waals surface area contributed by atoms with Crippen LogP contribution in [0.1, 0.15) is 33.1 Å². The first-order chi connectivity index (χ1) is 11.8. The molecule has 0 radical (unpaired) electrons. The summed E-state index contributed by atoms with van der Waals surface area (Å²) in [6.07, 6.45) is 2.59. The molecule has 6 nitrogen and oxygen atoms in total. The highest BCUT2D eigenvalue weighted by molar-refractivity contribution is 7.89. The van der Waals surface area contributed by atoms with Crippen LogP contribution in [0.25, 0.3) is 0 Å². The molecular weight excluding hydrogens is 340 g/mol. The second-order valence-corrected chi connectivity index (χ2v) is 9.52. The molecule has 1 aliphatic carbocycles. The van der Waals surface area contributed by atoms with Gasteiger partial charge in [-0.25, -0.2) is 8.42 Å². The Bertz CT molecular complexity index is 803. The molecule has 0 aromatic heterocycles. The number of fused-ring (bicyclic) bond motifs is 1. The maximum Gasteiger partial charge on any atom is 0.247 e. The average Bonchev–Trinajstić information content (AvgIpc) is 3.34. The Morgan fingerprint density at radius 3 is 2.64 bits per heavy atom. The lowest BCUT2D eigenvalue weighted by Gasteiger charge is -2.33. The molecule has 1 aromatic carbocycles. The van der Waals surface area contributed by atoms with Crippen molar-refractivity contribution < 1.29 is 17.9 Å². The largest absolute Gasteiger partial charge is 0.483 e. The number of nitrogens with zero attached hydrogens (tertiary/aromatic N) is 2. The molecule has 1 amide bonds. The van der Waals surface area contributed by atoms with Crippen molar-refractivity contribution in [2.75, 3.05) is 19.6 Å². The number of para-hydroxylation sites is 1. The van der Waals surface area contributed by atoms with E-state index in [0.29, 0.717) is 25.3 Å². The first-order valence-electron chi connectivity index (χ1n) is 8.91. The van der Waals surface area contributed by atoms with Crippen molar-refractivity contribution in [3.63, 3.8) is 0 Å². The van der Waals surface area contributed by atoms with E-state index in [1.54, 1.807) is 24.3 Å². The minimum atomic E-state index is -3.62. The van der Waals surface area contributed by atoms with E-state index in [-0.39, 0.29) is 29.3 Å². The number of hydrogen-bond donors (Lipinski definition) is 0. The molecule has 136 valence electrons. The topological polar surface area (TPSA) is 66.9 Å². The summed E-state index contributed by atoms with van der Waals surface area (Å²) in [5.74, 6) is 0.751. The van der Waals surface area contributed by atoms with Crippen molar-refractivity contribution in [1.82, 2.24) is 9.21 Å². The van der Waals surface area contributed by atoms with Gasteiger partial charge in [0.15, 0.2) is 0 Å². The number of likely N-dealkylation sites (tertiary alicyclic amines) is 1. The maximum atomic E-state index is 13.1. The standard InChI is InChI=1S/C18H24N2O4S/c1-13(2)20-12-18(9-10-19(11-18)17(21)14-7-8-14)24-15-5-3-4-6-16(15)25(20,22)23/h3-6,13-14H,7-12H2,1-2H3/t18-/m0/s1. The zero-order valence-electron chi connectivity index (χ0n) is 14.6. The summed E-state index contributed by atoms with van der Waals surface area (Å²) >= 11 is 0. The Morgan fingerprint density at radius 2 is 1.96 bits per heavy atom. The number of rotatable bonds is 2. The van der Waals surface area contributed by atoms with Crippen LogP contribution in [0, 0.1) is 5.92 Å². The van der Waals surface area contributed by atoms with E-state index in [0.717, 1.165) is 12.8 Å². The second-order valence-electron chi connectivity index (χ2n) is 7.66. The van der Waals surface area contributed by atoms with Gasteiger partial charge in [-0.3, -0.25) is 4.79 Å². The zero-order valence-corrected chi connectivity index (χ0v) is 15.5. The van der Waals surface area contributed by atoms with Gasteiger partial charge in [0.05, 0.1) is 13.1 Å². The van der Waals surface area contributed by atoms with Gasteiger partial charge in [0.25, 0.3) is 0 Å². The van der Waals surface area contributed by atoms with Crippen molar-refractivity contribution in [1.29, 1.82) is 0 Å². The third kappa shape index (κ3) is 2.83. The van der Waals surface area contributed by atoms with E-state index in [2.05, 4.69) is 0 Å². The number of sulfonamides is 1. The molecule has 1 atom stereocenters. The molecule has 7 heteroatoms. The van der Waals surface area contributed by atoms with E-state index in [9.17, 15) is 13.2 Å². The number of carbonyl (C=O) groups excluding carboxylic acids is 1. The van der Waals surface area contributed by atoms with Gasteiger partial charge in [-0.2, -0.15) is 4.31 Å². The van der Waals surface area contributed by atoms with Gasteiger partial charge in [-0.05, 0) is 38.8 Å². The lowest BCUT2D eigenvalue weighted by atomic mass is 10.0. The molecule has 1 saturated carbocycles. The normalized spacial score (nSPS) is 28.7. The summed E-state index contributed by atoms with van der Waals surface area (Å²) in [6.45, 7) is 5.11. The lowest BCUT2D eigenvalue weighted by Crippen LogP contribution is -2.51. The van der Waals surface area contributed by atoms with Gasteiger partial charge in [0, 0.05) is 24.9 Å². The molecule has 1 saturated heterocycles. The minimum Gasteiger partial charge on any atom is -0.483 e. The summed E-state index contributed by atoms with van der Waals surface area (Å²) < 4.78 is 34.0. The SMILES string of the molecule is CC(C)N1C[C@@]2(CCN(C(=O)C3CC3)C2)Oc2ccccc2S1(=O)=O. The number of carbonyl (C=O) groups is 1. The quantitative estimate of drug-likeness (QED) is 0.803. The maximum absolute atomic E-state index is 13.1. The van der Waals surface area contributed by atoms with Crippen LogP contribution in [-0.4, -0.2) is 54.8 Å². The first kappa shape index (κ1) is 16.8. The molecule has 2 heterocycles. The van der Waals surface area contributed by atoms with Crippen molar-refractivity contribution in [3.8, 4) is 5.75 Å². The highest BCUT2D eigenvalue weighted by Crippen LogP contribution is 2.40. The van der Waals surface area contributed by atoms with Crippen molar-refractivity contribution in [3.05, 3.63) is 24.3 Å². The van der Waals surface area contributed by atoms with E-state index in [1.165, 1.54) is 4.31 Å². The van der Waals surface area contributed by atoms with Gasteiger partial charge < -0.3 is 9.64 Å². The molecule has 1 spiro atoms. The molecule has 4 rings (SSSR count). The van der Waals surface area contributed by atoms with Crippen LogP contribution in [-0.2, 0) is 14.8 Å². The molecule has 2 aliphatic heterocycles. The van der Waals surface area contributed by atoms with Crippen LogP contribution < -0.4 is 4.74 Å². The summed E-state index contributed by atoms with van der Waals surface area (Å²) in [6, 6.07) is 6.64. The number of hydrogen-bond acceptors (Lipinski definition) is 4. The number of ether oxygens (including phenoxy) is 1. The molecular formula is C18H24N2O4S. The highest BCUT2D eigenvalue weighted by atomic mass is 32.2. The predicted molar refractivity (Wildman–Crippen MR) is 92.7 cm³/mol. The van der Waals surface area contributed by atoms with Crippen LogP contribution >= 0.6 is 0 Å². The van der Waals surface area contributed by atoms with Crippen molar-refractivity contribution >= 4 is 15.9 Å². The van der Waals surface area contributed by atoms with Gasteiger partial charge >= 0.3 is 0 Å². The molecule has 1 aromatic rings. The first-order valence-corrected chi connectivity index (χ1v) is 10.4. The summed E-state index contributed by atoms with van der Waals surface area (Å²) in [5, 5.41) is 0. The number of amides is 1. The second kappa shape index (κ2) is 5.71. The molecule has 25 heavy (non-hydrogen) atoms. The molecule has 2 fully saturated rings. The van der Waals surface area contributed by atoms with Crippen LogP contribution in [0.2, 0.25) is 0 Å². The zero-order chi connectivity index (χ0) is 17.8. The average molecular weight is 364 g/mol. The van der Waals surface area contributed by atoms with Gasteiger partial charge in [-0.15, -0.1) is 0 Å². The summed E-state index contributed by atoms with van der Waals surface area (Å²) in [7, 11) is -3.62. The predicted octanol–water partition coefficient (Wildman–Crippen LogP) is 1.86. The van der Waals surface area contributed by atoms with Crippen LogP contribution in [0.5, 0.6) is 5.75 Å². The van der Waals surface area contributed by atoms with Crippen molar-refractivity contribution in [2.24, 2.45) is 5.92 Å². The van der Waals surface area contributed by atoms with Gasteiger partial charge in [0.2, 0.25) is 15.9 Å². The van der Waals surface area contributed by atoms with Crippen molar-refractivity contribution in [2.45, 2.75) is 49.6 Å². The van der Waals surface area contributed by atoms with E-state index in [1.807, 2.05) is 18.7 Å². The van der Waals surface area contributed by atoms with Crippen LogP contribution in [0.3, 0.4) is 0 Å². The Kier molecular flexibility index (Phi) is 3.85. The fourth-order valence-electron chi connectivity index (χ4n) is 3.80. The molecule has 0 unspecified atom stereocenters. The van der Waals surface area contributed by atoms with E-state index >= 15 is 0 Å². The lowest BCUT2D eigenvalue weighted by molar-refractivity contribution is -0.132. The van der Waals surface area contributed by atoms with Crippen LogP contribution in [0.4, 0.5) is 0 Å². The summed E-state index contributed by atoms with van der Waals surface area (Å²) in [4.78, 5) is 14.5. The fraction of sp³-hybridized carbons (Fsp3) is 0.611. The monoisotopic (exact) mass is 364 g/mol. The smallest absolute Gasteiger partial charge is 0.247 e. The fourth-order valence-corrected chi connectivity index (χ4v) is 5.63. The Morgan fingerprint density at radius 1 is 1.24 bits per heavy atom. The van der Waals surface area contributed by atoms with E-state index < -0.39 is 15.6 Å². The number of benzene rings is 1. The Balaban J connectivity index is 1.72. The third-order valence-electron chi connectivity index (χ3n) is 5.34. The summed E-state index contributed by atoms with van der Waals surface area (Å²) in [5.41, 5.74) is -0.672. The van der Waals surface area contributed by atoms with Gasteiger partial charge in [0.1, 0.15) is 16.2 Å². The Hall–Kier alpha value is -1.60. The molecule has 3 aliphatic rings. The molecule has 0 N–H and O–H groups in total. The minimum absolute atomic E-state index is 0.165. The van der Waals surface area contributed by atoms with E-state index in [4.69, 9.17) is 4.74 Å². The highest BCUT2D eigenvalue weighted by Gasteiger charge is 2.50. The van der Waals surface area contributed by atoms with Crippen LogP contribution in [0.15, 0.2) is 29.2 Å². The van der Waals surface area contributed by atoms with Gasteiger partial charge in [-0.1, -0.05) is 12.1 Å². The Labute approximate surface area is 148 Å².